The molecule has 1 aliphatic rings. The van der Waals surface area contributed by atoms with Crippen LogP contribution in [0.4, 0.5) is 0 Å². The summed E-state index contributed by atoms with van der Waals surface area (Å²) >= 11 is 0. The maximum Gasteiger partial charge on any atom is 0.242 e. The second-order valence-corrected chi connectivity index (χ2v) is 6.53. The molecule has 2 rings (SSSR count). The molecule has 0 aliphatic carbocycles. The number of rotatable bonds is 3. The molecule has 0 spiro atoms. The minimum Gasteiger partial charge on any atom is -0.361 e. The first-order valence-electron chi connectivity index (χ1n) is 7.23. The topological polar surface area (TPSA) is 66.7 Å². The molecule has 1 aliphatic heterocycles. The van der Waals surface area contributed by atoms with Gasteiger partial charge in [-0.1, -0.05) is 5.16 Å². The Morgan fingerprint density at radius 3 is 2.62 bits per heavy atom. The minimum absolute atomic E-state index is 0.00840. The molecule has 1 fully saturated rings. The Morgan fingerprint density at radius 2 is 2.14 bits per heavy atom. The summed E-state index contributed by atoms with van der Waals surface area (Å²) in [5, 5.41) is 3.83. The zero-order chi connectivity index (χ0) is 15.8. The van der Waals surface area contributed by atoms with Crippen LogP contribution in [0.1, 0.15) is 39.1 Å². The number of nitrogens with zero attached hydrogens (tertiary/aromatic N) is 3. The monoisotopic (exact) mass is 293 g/mol. The summed E-state index contributed by atoms with van der Waals surface area (Å²) in [6.07, 6.45) is 0.169. The predicted octanol–water partition coefficient (Wildman–Crippen LogP) is 1.38. The van der Waals surface area contributed by atoms with Gasteiger partial charge in [0.25, 0.3) is 0 Å². The second kappa shape index (κ2) is 5.50. The van der Waals surface area contributed by atoms with E-state index in [2.05, 4.69) is 5.16 Å². The van der Waals surface area contributed by atoms with Crippen LogP contribution >= 0.6 is 0 Å². The molecule has 0 radical (unpaired) electrons. The lowest BCUT2D eigenvalue weighted by Gasteiger charge is -2.48. The van der Waals surface area contributed by atoms with Crippen LogP contribution in [0.2, 0.25) is 0 Å². The summed E-state index contributed by atoms with van der Waals surface area (Å²) < 4.78 is 4.97. The van der Waals surface area contributed by atoms with Crippen molar-refractivity contribution in [1.29, 1.82) is 0 Å². The Kier molecular flexibility index (Phi) is 4.07. The number of carbonyl (C=O) groups excluding carboxylic acids is 2. The van der Waals surface area contributed by atoms with Crippen molar-refractivity contribution in [3.8, 4) is 0 Å². The Labute approximate surface area is 125 Å². The SMILES string of the molecule is Cc1cc(CC(=O)N2CC(=O)N(C(C)C)C(C)(C)C2)no1. The number of aromatic nitrogens is 1. The number of hydrogen-bond acceptors (Lipinski definition) is 4. The van der Waals surface area contributed by atoms with Crippen molar-refractivity contribution >= 4 is 11.8 Å². The molecular formula is C15H23N3O3. The molecule has 1 saturated heterocycles. The summed E-state index contributed by atoms with van der Waals surface area (Å²) in [6.45, 7) is 10.4. The van der Waals surface area contributed by atoms with E-state index in [1.807, 2.05) is 32.6 Å². The second-order valence-electron chi connectivity index (χ2n) is 6.53. The molecule has 0 bridgehead atoms. The van der Waals surface area contributed by atoms with Crippen molar-refractivity contribution in [3.05, 3.63) is 17.5 Å². The van der Waals surface area contributed by atoms with Crippen molar-refractivity contribution in [2.24, 2.45) is 0 Å². The molecule has 2 amide bonds. The lowest BCUT2D eigenvalue weighted by atomic mass is 9.96. The highest BCUT2D eigenvalue weighted by Crippen LogP contribution is 2.24. The van der Waals surface area contributed by atoms with Crippen molar-refractivity contribution in [3.63, 3.8) is 0 Å². The van der Waals surface area contributed by atoms with Crippen molar-refractivity contribution in [2.45, 2.75) is 52.6 Å². The van der Waals surface area contributed by atoms with Gasteiger partial charge in [0.15, 0.2) is 0 Å². The van der Waals surface area contributed by atoms with Crippen LogP contribution in [0.25, 0.3) is 0 Å². The maximum absolute atomic E-state index is 12.4. The smallest absolute Gasteiger partial charge is 0.242 e. The molecule has 6 nitrogen and oxygen atoms in total. The fourth-order valence-corrected chi connectivity index (χ4v) is 3.11. The van der Waals surface area contributed by atoms with Crippen LogP contribution < -0.4 is 0 Å². The summed E-state index contributed by atoms with van der Waals surface area (Å²) in [5.41, 5.74) is 0.243. The van der Waals surface area contributed by atoms with E-state index in [0.717, 1.165) is 0 Å². The Bertz CT molecular complexity index is 548. The fourth-order valence-electron chi connectivity index (χ4n) is 3.11. The molecule has 0 saturated carbocycles. The van der Waals surface area contributed by atoms with E-state index in [0.29, 0.717) is 18.0 Å². The summed E-state index contributed by atoms with van der Waals surface area (Å²) in [4.78, 5) is 28.2. The van der Waals surface area contributed by atoms with Gasteiger partial charge in [-0.15, -0.1) is 0 Å². The third-order valence-corrected chi connectivity index (χ3v) is 3.70. The van der Waals surface area contributed by atoms with E-state index >= 15 is 0 Å². The average molecular weight is 293 g/mol. The standard InChI is InChI=1S/C15H23N3O3/c1-10(2)18-14(20)8-17(9-15(18,4)5)13(19)7-12-6-11(3)21-16-12/h6,10H,7-9H2,1-5H3. The van der Waals surface area contributed by atoms with Gasteiger partial charge < -0.3 is 14.3 Å². The summed E-state index contributed by atoms with van der Waals surface area (Å²) in [7, 11) is 0. The van der Waals surface area contributed by atoms with Gasteiger partial charge in [-0.25, -0.2) is 0 Å². The molecule has 0 aromatic carbocycles. The van der Waals surface area contributed by atoms with E-state index in [1.165, 1.54) is 0 Å². The van der Waals surface area contributed by atoms with Gasteiger partial charge in [-0.2, -0.15) is 0 Å². The van der Waals surface area contributed by atoms with Crippen molar-refractivity contribution < 1.29 is 14.1 Å². The van der Waals surface area contributed by atoms with Crippen LogP contribution in [0.3, 0.4) is 0 Å². The summed E-state index contributed by atoms with van der Waals surface area (Å²) in [5.74, 6) is 0.581. The molecule has 0 unspecified atom stereocenters. The lowest BCUT2D eigenvalue weighted by Crippen LogP contribution is -2.65. The molecular weight excluding hydrogens is 270 g/mol. The zero-order valence-corrected chi connectivity index (χ0v) is 13.3. The van der Waals surface area contributed by atoms with E-state index in [-0.39, 0.29) is 36.4 Å². The third-order valence-electron chi connectivity index (χ3n) is 3.70. The lowest BCUT2D eigenvalue weighted by molar-refractivity contribution is -0.155. The number of amides is 2. The van der Waals surface area contributed by atoms with Gasteiger partial charge in [0, 0.05) is 18.7 Å². The highest BCUT2D eigenvalue weighted by molar-refractivity contribution is 5.87. The zero-order valence-electron chi connectivity index (χ0n) is 13.3. The predicted molar refractivity (Wildman–Crippen MR) is 77.6 cm³/mol. The van der Waals surface area contributed by atoms with Gasteiger partial charge in [0.05, 0.1) is 24.2 Å². The molecule has 0 N–H and O–H groups in total. The first kappa shape index (κ1) is 15.5. The van der Waals surface area contributed by atoms with Gasteiger partial charge in [0.1, 0.15) is 5.76 Å². The average Bonchev–Trinajstić information content (AvgIpc) is 2.71. The van der Waals surface area contributed by atoms with Gasteiger partial charge in [-0.05, 0) is 34.6 Å². The molecule has 21 heavy (non-hydrogen) atoms. The van der Waals surface area contributed by atoms with Crippen molar-refractivity contribution in [1.82, 2.24) is 15.0 Å². The normalized spacial score (nSPS) is 18.5. The fraction of sp³-hybridized carbons (Fsp3) is 0.667. The Hall–Kier alpha value is -1.85. The van der Waals surface area contributed by atoms with E-state index in [1.54, 1.807) is 17.9 Å². The van der Waals surface area contributed by atoms with Gasteiger partial charge in [0.2, 0.25) is 11.8 Å². The molecule has 1 aromatic rings. The molecule has 6 heteroatoms. The van der Waals surface area contributed by atoms with E-state index < -0.39 is 0 Å². The largest absolute Gasteiger partial charge is 0.361 e. The first-order valence-corrected chi connectivity index (χ1v) is 7.23. The van der Waals surface area contributed by atoms with E-state index in [4.69, 9.17) is 4.52 Å². The quantitative estimate of drug-likeness (QED) is 0.844. The van der Waals surface area contributed by atoms with E-state index in [9.17, 15) is 9.59 Å². The minimum atomic E-state index is -0.362. The molecule has 116 valence electrons. The molecule has 0 atom stereocenters. The third kappa shape index (κ3) is 3.25. The maximum atomic E-state index is 12.4. The number of hydrogen-bond donors (Lipinski definition) is 0. The summed E-state index contributed by atoms with van der Waals surface area (Å²) in [6, 6.07) is 1.87. The van der Waals surface area contributed by atoms with Gasteiger partial charge in [-0.3, -0.25) is 9.59 Å². The van der Waals surface area contributed by atoms with Crippen molar-refractivity contribution in [2.75, 3.05) is 13.1 Å². The Balaban J connectivity index is 2.08. The molecule has 2 heterocycles. The number of piperazine rings is 1. The van der Waals surface area contributed by atoms with Crippen LogP contribution in [0.15, 0.2) is 10.6 Å². The highest BCUT2D eigenvalue weighted by atomic mass is 16.5. The van der Waals surface area contributed by atoms with Crippen LogP contribution in [0, 0.1) is 6.92 Å². The molecule has 1 aromatic heterocycles. The van der Waals surface area contributed by atoms with Crippen LogP contribution in [-0.2, 0) is 16.0 Å². The first-order chi connectivity index (χ1) is 9.70. The highest BCUT2D eigenvalue weighted by Gasteiger charge is 2.41. The number of carbonyl (C=O) groups is 2. The van der Waals surface area contributed by atoms with Crippen LogP contribution in [0.5, 0.6) is 0 Å². The number of aryl methyl sites for hydroxylation is 1. The Morgan fingerprint density at radius 1 is 1.48 bits per heavy atom. The van der Waals surface area contributed by atoms with Crippen LogP contribution in [-0.4, -0.2) is 51.4 Å². The van der Waals surface area contributed by atoms with Gasteiger partial charge >= 0.3 is 0 Å².